The average Bonchev–Trinajstić information content (AvgIpc) is 2.51. The van der Waals surface area contributed by atoms with Crippen molar-refractivity contribution in [1.82, 2.24) is 4.90 Å². The van der Waals surface area contributed by atoms with Gasteiger partial charge in [-0.25, -0.2) is 4.79 Å². The number of methoxy groups -OCH3 is 3. The van der Waals surface area contributed by atoms with E-state index in [-0.39, 0.29) is 23.0 Å². The van der Waals surface area contributed by atoms with Gasteiger partial charge in [-0.15, -0.1) is 0 Å². The van der Waals surface area contributed by atoms with E-state index in [1.165, 1.54) is 39.2 Å². The number of carbonyl (C=O) groups excluding carboxylic acids is 2. The lowest BCUT2D eigenvalue weighted by atomic mass is 10.1. The van der Waals surface area contributed by atoms with Gasteiger partial charge in [0.1, 0.15) is 5.56 Å². The van der Waals surface area contributed by atoms with Gasteiger partial charge < -0.3 is 23.8 Å². The molecule has 0 aliphatic rings. The van der Waals surface area contributed by atoms with Crippen LogP contribution in [0, 0.1) is 0 Å². The summed E-state index contributed by atoms with van der Waals surface area (Å²) >= 11 is 0. The van der Waals surface area contributed by atoms with Crippen LogP contribution in [0.15, 0.2) is 12.1 Å². The molecule has 1 aromatic rings. The van der Waals surface area contributed by atoms with E-state index in [1.807, 2.05) is 0 Å². The summed E-state index contributed by atoms with van der Waals surface area (Å²) in [5.74, 6) is -0.0935. The molecule has 1 amide bonds. The van der Waals surface area contributed by atoms with Crippen LogP contribution in [0.5, 0.6) is 17.2 Å². The maximum Gasteiger partial charge on any atom is 0.342 e. The first-order valence-corrected chi connectivity index (χ1v) is 6.58. The summed E-state index contributed by atoms with van der Waals surface area (Å²) in [6.07, 6.45) is -0.902. The fourth-order valence-corrected chi connectivity index (χ4v) is 1.90. The minimum Gasteiger partial charge on any atom is -0.493 e. The number of hydrogen-bond donors (Lipinski definition) is 0. The average molecular weight is 311 g/mol. The molecule has 7 nitrogen and oxygen atoms in total. The number of amides is 1. The van der Waals surface area contributed by atoms with Crippen molar-refractivity contribution >= 4 is 11.9 Å². The third kappa shape index (κ3) is 3.60. The number of likely N-dealkylation sites (N-methyl/N-ethyl adjacent to an activating group) is 1. The van der Waals surface area contributed by atoms with Crippen molar-refractivity contribution in [2.45, 2.75) is 13.0 Å². The Bertz CT molecular complexity index is 555. The second-order valence-electron chi connectivity index (χ2n) is 4.66. The predicted octanol–water partition coefficient (Wildman–Crippen LogP) is 1.35. The minimum atomic E-state index is -0.902. The maximum atomic E-state index is 12.3. The number of rotatable bonds is 6. The number of benzene rings is 1. The van der Waals surface area contributed by atoms with Gasteiger partial charge in [-0.2, -0.15) is 0 Å². The second-order valence-corrected chi connectivity index (χ2v) is 4.66. The molecule has 0 unspecified atom stereocenters. The Kier molecular flexibility index (Phi) is 6.03. The Morgan fingerprint density at radius 3 is 2.05 bits per heavy atom. The summed E-state index contributed by atoms with van der Waals surface area (Å²) in [4.78, 5) is 25.4. The molecule has 0 aliphatic carbocycles. The van der Waals surface area contributed by atoms with E-state index in [0.29, 0.717) is 5.75 Å². The Balaban J connectivity index is 3.11. The van der Waals surface area contributed by atoms with Crippen molar-refractivity contribution in [3.05, 3.63) is 17.7 Å². The van der Waals surface area contributed by atoms with Gasteiger partial charge in [-0.05, 0) is 19.1 Å². The molecule has 0 N–H and O–H groups in total. The zero-order valence-corrected chi connectivity index (χ0v) is 13.6. The highest BCUT2D eigenvalue weighted by atomic mass is 16.6. The van der Waals surface area contributed by atoms with Crippen LogP contribution < -0.4 is 14.2 Å². The lowest BCUT2D eigenvalue weighted by Crippen LogP contribution is -2.35. The van der Waals surface area contributed by atoms with E-state index >= 15 is 0 Å². The SMILES string of the molecule is COc1ccc(C(=O)O[C@@H](C)C(=O)N(C)C)c(OC)c1OC. The van der Waals surface area contributed by atoms with Crippen molar-refractivity contribution in [1.29, 1.82) is 0 Å². The van der Waals surface area contributed by atoms with Crippen LogP contribution in [0.4, 0.5) is 0 Å². The van der Waals surface area contributed by atoms with E-state index in [0.717, 1.165) is 0 Å². The highest BCUT2D eigenvalue weighted by molar-refractivity contribution is 5.96. The van der Waals surface area contributed by atoms with Crippen molar-refractivity contribution in [2.24, 2.45) is 0 Å². The largest absolute Gasteiger partial charge is 0.493 e. The highest BCUT2D eigenvalue weighted by Gasteiger charge is 2.25. The quantitative estimate of drug-likeness (QED) is 0.738. The molecule has 0 saturated carbocycles. The molecule has 122 valence electrons. The number of ether oxygens (including phenoxy) is 4. The topological polar surface area (TPSA) is 74.3 Å². The van der Waals surface area contributed by atoms with Crippen molar-refractivity contribution in [3.63, 3.8) is 0 Å². The highest BCUT2D eigenvalue weighted by Crippen LogP contribution is 2.40. The Morgan fingerprint density at radius 2 is 1.59 bits per heavy atom. The third-order valence-electron chi connectivity index (χ3n) is 3.00. The predicted molar refractivity (Wildman–Crippen MR) is 79.7 cm³/mol. The van der Waals surface area contributed by atoms with E-state index in [4.69, 9.17) is 18.9 Å². The van der Waals surface area contributed by atoms with Gasteiger partial charge in [0.2, 0.25) is 5.75 Å². The maximum absolute atomic E-state index is 12.3. The zero-order valence-electron chi connectivity index (χ0n) is 13.6. The van der Waals surface area contributed by atoms with Gasteiger partial charge in [0.05, 0.1) is 21.3 Å². The molecule has 7 heteroatoms. The number of carbonyl (C=O) groups is 2. The molecular formula is C15H21NO6. The zero-order chi connectivity index (χ0) is 16.9. The van der Waals surface area contributed by atoms with Gasteiger partial charge in [0.25, 0.3) is 5.91 Å². The van der Waals surface area contributed by atoms with Crippen molar-refractivity contribution in [3.8, 4) is 17.2 Å². The number of nitrogens with zero attached hydrogens (tertiary/aromatic N) is 1. The molecule has 0 heterocycles. The van der Waals surface area contributed by atoms with E-state index in [9.17, 15) is 9.59 Å². The van der Waals surface area contributed by atoms with Gasteiger partial charge in [-0.3, -0.25) is 4.79 Å². The van der Waals surface area contributed by atoms with Crippen molar-refractivity contribution in [2.75, 3.05) is 35.4 Å². The fourth-order valence-electron chi connectivity index (χ4n) is 1.90. The number of hydrogen-bond acceptors (Lipinski definition) is 6. The Labute approximate surface area is 129 Å². The summed E-state index contributed by atoms with van der Waals surface area (Å²) in [6.45, 7) is 1.51. The second kappa shape index (κ2) is 7.53. The summed E-state index contributed by atoms with van der Waals surface area (Å²) < 4.78 is 20.7. The van der Waals surface area contributed by atoms with E-state index < -0.39 is 12.1 Å². The van der Waals surface area contributed by atoms with Gasteiger partial charge >= 0.3 is 5.97 Å². The normalized spacial score (nSPS) is 11.4. The first-order valence-electron chi connectivity index (χ1n) is 6.58. The van der Waals surface area contributed by atoms with Gasteiger partial charge in [0, 0.05) is 14.1 Å². The molecule has 1 atom stereocenters. The van der Waals surface area contributed by atoms with Gasteiger partial charge in [0.15, 0.2) is 17.6 Å². The number of esters is 1. The monoisotopic (exact) mass is 311 g/mol. The van der Waals surface area contributed by atoms with E-state index in [1.54, 1.807) is 20.2 Å². The summed E-state index contributed by atoms with van der Waals surface area (Å²) in [6, 6.07) is 3.06. The molecular weight excluding hydrogens is 290 g/mol. The fraction of sp³-hybridized carbons (Fsp3) is 0.467. The van der Waals surface area contributed by atoms with Crippen LogP contribution in [-0.4, -0.2) is 58.3 Å². The minimum absolute atomic E-state index is 0.151. The standard InChI is InChI=1S/C15H21NO6/c1-9(14(17)16(2)3)22-15(18)10-7-8-11(19-4)13(21-6)12(10)20-5/h7-9H,1-6H3/t9-/m0/s1. The molecule has 0 radical (unpaired) electrons. The summed E-state index contributed by atoms with van der Waals surface area (Å²) in [7, 11) is 7.50. The van der Waals surface area contributed by atoms with Crippen LogP contribution in [-0.2, 0) is 9.53 Å². The van der Waals surface area contributed by atoms with Crippen molar-refractivity contribution < 1.29 is 28.5 Å². The molecule has 1 aromatic carbocycles. The van der Waals surface area contributed by atoms with E-state index in [2.05, 4.69) is 0 Å². The van der Waals surface area contributed by atoms with Crippen LogP contribution in [0.1, 0.15) is 17.3 Å². The Morgan fingerprint density at radius 1 is 1.00 bits per heavy atom. The van der Waals surface area contributed by atoms with Crippen LogP contribution in [0.2, 0.25) is 0 Å². The van der Waals surface area contributed by atoms with Crippen LogP contribution >= 0.6 is 0 Å². The molecule has 0 fully saturated rings. The summed E-state index contributed by atoms with van der Waals surface area (Å²) in [5.41, 5.74) is 0.151. The lowest BCUT2D eigenvalue weighted by molar-refractivity contribution is -0.137. The summed E-state index contributed by atoms with van der Waals surface area (Å²) in [5, 5.41) is 0. The first-order chi connectivity index (χ1) is 10.4. The van der Waals surface area contributed by atoms with Crippen LogP contribution in [0.3, 0.4) is 0 Å². The lowest BCUT2D eigenvalue weighted by Gasteiger charge is -2.19. The molecule has 0 aromatic heterocycles. The molecule has 1 rings (SSSR count). The van der Waals surface area contributed by atoms with Crippen LogP contribution in [0.25, 0.3) is 0 Å². The molecule has 0 saturated heterocycles. The molecule has 0 spiro atoms. The van der Waals surface area contributed by atoms with Gasteiger partial charge in [-0.1, -0.05) is 0 Å². The first kappa shape index (κ1) is 17.6. The molecule has 0 aliphatic heterocycles. The molecule has 22 heavy (non-hydrogen) atoms. The Hall–Kier alpha value is -2.44. The molecule has 0 bridgehead atoms. The third-order valence-corrected chi connectivity index (χ3v) is 3.00. The smallest absolute Gasteiger partial charge is 0.342 e.